The fraction of sp³-hybridized carbons (Fsp3) is 0.400. The van der Waals surface area contributed by atoms with E-state index >= 15 is 0 Å². The normalized spacial score (nSPS) is 27.1. The van der Waals surface area contributed by atoms with Crippen molar-refractivity contribution in [1.29, 1.82) is 0 Å². The van der Waals surface area contributed by atoms with Crippen LogP contribution in [0.25, 0.3) is 0 Å². The quantitative estimate of drug-likeness (QED) is 0.390. The molecule has 0 amide bonds. The molecule has 4 nitrogen and oxygen atoms in total. The van der Waals surface area contributed by atoms with E-state index in [1.54, 1.807) is 0 Å². The van der Waals surface area contributed by atoms with E-state index in [9.17, 15) is 0 Å². The van der Waals surface area contributed by atoms with Gasteiger partial charge in [0.15, 0.2) is 11.5 Å². The smallest absolute Gasteiger partial charge is 0.150 e. The number of nitrogen functional groups attached to an aromatic ring is 2. The molecule has 4 bridgehead atoms. The zero-order valence-corrected chi connectivity index (χ0v) is 20.1. The maximum Gasteiger partial charge on any atom is 0.150 e. The number of nitrogens with two attached hydrogens (primary N) is 2. The van der Waals surface area contributed by atoms with Gasteiger partial charge in [0.1, 0.15) is 11.5 Å². The number of benzene rings is 3. The highest BCUT2D eigenvalue weighted by Gasteiger charge is 2.49. The monoisotopic (exact) mass is 454 g/mol. The minimum Gasteiger partial charge on any atom is -0.455 e. The number of hydrogen-bond donors (Lipinski definition) is 2. The second kappa shape index (κ2) is 8.26. The first-order valence-corrected chi connectivity index (χ1v) is 12.6. The van der Waals surface area contributed by atoms with Crippen molar-refractivity contribution in [2.45, 2.75) is 51.9 Å². The Morgan fingerprint density at radius 3 is 1.76 bits per heavy atom. The lowest BCUT2D eigenvalue weighted by molar-refractivity contribution is -0.00339. The molecule has 0 spiro atoms. The third-order valence-electron chi connectivity index (χ3n) is 8.35. The van der Waals surface area contributed by atoms with Gasteiger partial charge < -0.3 is 20.9 Å². The van der Waals surface area contributed by atoms with E-state index in [1.165, 1.54) is 37.7 Å². The van der Waals surface area contributed by atoms with Crippen LogP contribution in [0.2, 0.25) is 0 Å². The van der Waals surface area contributed by atoms with Gasteiger partial charge in [0.25, 0.3) is 0 Å². The van der Waals surface area contributed by atoms with Crippen molar-refractivity contribution in [3.63, 3.8) is 0 Å². The van der Waals surface area contributed by atoms with Crippen LogP contribution >= 0.6 is 0 Å². The molecule has 4 aliphatic rings. The third-order valence-corrected chi connectivity index (χ3v) is 8.35. The number of anilines is 2. The van der Waals surface area contributed by atoms with Gasteiger partial charge in [0.05, 0.1) is 11.4 Å². The molecular weight excluding hydrogens is 420 g/mol. The summed E-state index contributed by atoms with van der Waals surface area (Å²) in [5, 5.41) is 0. The standard InChI is InChI=1S/C30H34N2O2/c1-17-3-6-25(31)28(9-17)33-23-5-8-27(34-29-10-18(2)4-7-26(29)32)24(16-23)30-21-12-19-11-20(14-21)15-22(30)13-19/h3-10,16,19-22,30H,11-15,31-32H2,1-2H3. The molecule has 176 valence electrons. The fourth-order valence-electron chi connectivity index (χ4n) is 7.08. The maximum absolute atomic E-state index is 6.52. The summed E-state index contributed by atoms with van der Waals surface area (Å²) in [7, 11) is 0. The predicted octanol–water partition coefficient (Wildman–Crippen LogP) is 7.59. The zero-order chi connectivity index (χ0) is 23.4. The van der Waals surface area contributed by atoms with Crippen molar-refractivity contribution in [1.82, 2.24) is 0 Å². The van der Waals surface area contributed by atoms with Crippen molar-refractivity contribution in [3.05, 3.63) is 71.3 Å². The van der Waals surface area contributed by atoms with Gasteiger partial charge in [-0.3, -0.25) is 0 Å². The molecule has 4 heteroatoms. The van der Waals surface area contributed by atoms with Crippen LogP contribution in [-0.2, 0) is 0 Å². The molecule has 4 saturated carbocycles. The van der Waals surface area contributed by atoms with Gasteiger partial charge in [-0.25, -0.2) is 0 Å². The molecule has 0 heterocycles. The van der Waals surface area contributed by atoms with Crippen LogP contribution in [0.5, 0.6) is 23.0 Å². The number of rotatable bonds is 5. The van der Waals surface area contributed by atoms with E-state index < -0.39 is 0 Å². The predicted molar refractivity (Wildman–Crippen MR) is 138 cm³/mol. The Morgan fingerprint density at radius 2 is 1.18 bits per heavy atom. The largest absolute Gasteiger partial charge is 0.455 e. The summed E-state index contributed by atoms with van der Waals surface area (Å²) in [5.74, 6) is 6.94. The van der Waals surface area contributed by atoms with Crippen molar-refractivity contribution in [3.8, 4) is 23.0 Å². The van der Waals surface area contributed by atoms with Crippen LogP contribution in [0.1, 0.15) is 54.7 Å². The van der Waals surface area contributed by atoms with Crippen molar-refractivity contribution >= 4 is 11.4 Å². The third kappa shape index (κ3) is 3.89. The van der Waals surface area contributed by atoms with E-state index in [4.69, 9.17) is 20.9 Å². The van der Waals surface area contributed by atoms with E-state index in [2.05, 4.69) is 26.0 Å². The summed E-state index contributed by atoms with van der Waals surface area (Å²) in [6.45, 7) is 4.11. The number of ether oxygens (including phenoxy) is 2. The Hall–Kier alpha value is -3.14. The Balaban J connectivity index is 1.40. The summed E-state index contributed by atoms with van der Waals surface area (Å²) >= 11 is 0. The van der Waals surface area contributed by atoms with Gasteiger partial charge in [-0.05, 0) is 129 Å². The van der Waals surface area contributed by atoms with Gasteiger partial charge in [0, 0.05) is 5.56 Å². The molecule has 0 unspecified atom stereocenters. The van der Waals surface area contributed by atoms with E-state index in [0.29, 0.717) is 23.0 Å². The second-order valence-corrected chi connectivity index (χ2v) is 10.9. The lowest BCUT2D eigenvalue weighted by atomic mass is 9.50. The van der Waals surface area contributed by atoms with Crippen LogP contribution < -0.4 is 20.9 Å². The molecule has 7 rings (SSSR count). The van der Waals surface area contributed by atoms with Crippen molar-refractivity contribution in [2.24, 2.45) is 23.7 Å². The molecule has 3 aromatic carbocycles. The average Bonchev–Trinajstić information content (AvgIpc) is 2.79. The van der Waals surface area contributed by atoms with Gasteiger partial charge in [-0.1, -0.05) is 12.1 Å². The molecule has 0 saturated heterocycles. The molecule has 34 heavy (non-hydrogen) atoms. The SMILES string of the molecule is Cc1ccc(N)c(Oc2ccc(Oc3cc(C)ccc3N)c(C3C4CC5CC(C4)CC3C5)c2)c1. The molecule has 4 aliphatic carbocycles. The molecule has 3 aromatic rings. The van der Waals surface area contributed by atoms with Crippen LogP contribution in [0.4, 0.5) is 11.4 Å². The Labute approximate surface area is 202 Å². The summed E-state index contributed by atoms with van der Waals surface area (Å²) in [6.07, 6.45) is 6.83. The number of aryl methyl sites for hydroxylation is 2. The Kier molecular flexibility index (Phi) is 5.20. The summed E-state index contributed by atoms with van der Waals surface area (Å²) in [6, 6.07) is 18.1. The fourth-order valence-corrected chi connectivity index (χ4v) is 7.08. The molecule has 0 aliphatic heterocycles. The van der Waals surface area contributed by atoms with E-state index in [0.717, 1.165) is 52.0 Å². The number of hydrogen-bond acceptors (Lipinski definition) is 4. The van der Waals surface area contributed by atoms with Crippen LogP contribution in [-0.4, -0.2) is 0 Å². The van der Waals surface area contributed by atoms with Crippen LogP contribution in [0, 0.1) is 37.5 Å². The topological polar surface area (TPSA) is 70.5 Å². The molecule has 4 fully saturated rings. The van der Waals surface area contributed by atoms with Crippen LogP contribution in [0.15, 0.2) is 54.6 Å². The van der Waals surface area contributed by atoms with Crippen molar-refractivity contribution < 1.29 is 9.47 Å². The highest BCUT2D eigenvalue weighted by molar-refractivity contribution is 5.58. The second-order valence-electron chi connectivity index (χ2n) is 10.9. The first-order chi connectivity index (χ1) is 16.4. The Morgan fingerprint density at radius 1 is 0.618 bits per heavy atom. The van der Waals surface area contributed by atoms with Gasteiger partial charge in [-0.2, -0.15) is 0 Å². The van der Waals surface area contributed by atoms with E-state index in [1.807, 2.05) is 42.5 Å². The molecule has 4 N–H and O–H groups in total. The van der Waals surface area contributed by atoms with Gasteiger partial charge in [-0.15, -0.1) is 0 Å². The average molecular weight is 455 g/mol. The zero-order valence-electron chi connectivity index (χ0n) is 20.1. The summed E-state index contributed by atoms with van der Waals surface area (Å²) in [5.41, 5.74) is 17.3. The summed E-state index contributed by atoms with van der Waals surface area (Å²) < 4.78 is 12.8. The lowest BCUT2D eigenvalue weighted by Gasteiger charge is -2.54. The minimum atomic E-state index is 0.507. The lowest BCUT2D eigenvalue weighted by Crippen LogP contribution is -2.43. The highest BCUT2D eigenvalue weighted by Crippen LogP contribution is 2.61. The van der Waals surface area contributed by atoms with Crippen molar-refractivity contribution in [2.75, 3.05) is 11.5 Å². The van der Waals surface area contributed by atoms with Crippen LogP contribution in [0.3, 0.4) is 0 Å². The summed E-state index contributed by atoms with van der Waals surface area (Å²) in [4.78, 5) is 0. The molecule has 0 radical (unpaired) electrons. The van der Waals surface area contributed by atoms with Gasteiger partial charge >= 0.3 is 0 Å². The van der Waals surface area contributed by atoms with E-state index in [-0.39, 0.29) is 0 Å². The van der Waals surface area contributed by atoms with Gasteiger partial charge in [0.2, 0.25) is 0 Å². The first kappa shape index (κ1) is 21.4. The molecule has 0 aromatic heterocycles. The highest BCUT2D eigenvalue weighted by atomic mass is 16.5. The maximum atomic E-state index is 6.52. The first-order valence-electron chi connectivity index (χ1n) is 12.6. The molecule has 0 atom stereocenters. The molecular formula is C30H34N2O2. The minimum absolute atomic E-state index is 0.507. The Bertz CT molecular complexity index is 1210.